The fourth-order valence-corrected chi connectivity index (χ4v) is 2.18. The summed E-state index contributed by atoms with van der Waals surface area (Å²) in [6, 6.07) is 3.47. The second kappa shape index (κ2) is 5.38. The molecular formula is C13H11F3N6O. The lowest BCUT2D eigenvalue weighted by molar-refractivity contribution is -0.144. The largest absolute Gasteiger partial charge is 0.433 e. The number of carbonyl (C=O) groups is 1. The van der Waals surface area contributed by atoms with E-state index in [0.29, 0.717) is 21.7 Å². The lowest BCUT2D eigenvalue weighted by atomic mass is 10.2. The van der Waals surface area contributed by atoms with Crippen molar-refractivity contribution < 1.29 is 18.0 Å². The summed E-state index contributed by atoms with van der Waals surface area (Å²) in [5.74, 6) is -0.483. The highest BCUT2D eigenvalue weighted by Crippen LogP contribution is 2.31. The first-order valence-corrected chi connectivity index (χ1v) is 6.53. The van der Waals surface area contributed by atoms with Gasteiger partial charge in [-0.1, -0.05) is 0 Å². The number of imidazole rings is 1. The minimum Gasteiger partial charge on any atom is -0.345 e. The number of carbonyl (C=O) groups excluding carboxylic acids is 1. The van der Waals surface area contributed by atoms with Gasteiger partial charge in [0, 0.05) is 13.2 Å². The van der Waals surface area contributed by atoms with Crippen molar-refractivity contribution in [2.75, 3.05) is 0 Å². The van der Waals surface area contributed by atoms with E-state index in [1.807, 2.05) is 0 Å². The highest BCUT2D eigenvalue weighted by Gasteiger charge is 2.39. The van der Waals surface area contributed by atoms with Crippen LogP contribution in [0.4, 0.5) is 13.2 Å². The zero-order valence-electron chi connectivity index (χ0n) is 11.8. The van der Waals surface area contributed by atoms with Crippen molar-refractivity contribution in [3.63, 3.8) is 0 Å². The van der Waals surface area contributed by atoms with Crippen LogP contribution >= 0.6 is 0 Å². The van der Waals surface area contributed by atoms with Gasteiger partial charge in [0.15, 0.2) is 11.3 Å². The molecule has 3 aromatic heterocycles. The lowest BCUT2D eigenvalue weighted by Crippen LogP contribution is -2.26. The van der Waals surface area contributed by atoms with Crippen molar-refractivity contribution in [3.8, 4) is 0 Å². The number of fused-ring (bicyclic) bond motifs is 1. The molecule has 120 valence electrons. The summed E-state index contributed by atoms with van der Waals surface area (Å²) in [5, 5.41) is 5.88. The Balaban J connectivity index is 1.77. The molecule has 0 radical (unpaired) electrons. The maximum absolute atomic E-state index is 12.9. The second-order valence-corrected chi connectivity index (χ2v) is 4.77. The molecule has 0 bridgehead atoms. The number of alkyl halides is 3. The van der Waals surface area contributed by atoms with Crippen LogP contribution in [0.1, 0.15) is 21.9 Å². The van der Waals surface area contributed by atoms with Crippen molar-refractivity contribution in [2.45, 2.75) is 12.7 Å². The summed E-state index contributed by atoms with van der Waals surface area (Å²) in [4.78, 5) is 23.1. The van der Waals surface area contributed by atoms with Crippen LogP contribution in [0.15, 0.2) is 24.5 Å². The molecule has 3 aromatic rings. The van der Waals surface area contributed by atoms with E-state index in [-0.39, 0.29) is 6.54 Å². The van der Waals surface area contributed by atoms with Gasteiger partial charge < -0.3 is 10.3 Å². The van der Waals surface area contributed by atoms with Crippen LogP contribution in [-0.2, 0) is 19.8 Å². The Hall–Kier alpha value is -2.91. The molecule has 0 atom stereocenters. The molecule has 0 spiro atoms. The van der Waals surface area contributed by atoms with Crippen LogP contribution in [0.25, 0.3) is 11.2 Å². The van der Waals surface area contributed by atoms with E-state index in [1.54, 1.807) is 18.3 Å². The molecule has 0 saturated heterocycles. The molecule has 0 aliphatic rings. The van der Waals surface area contributed by atoms with Crippen LogP contribution < -0.4 is 5.32 Å². The number of halogens is 3. The third-order valence-electron chi connectivity index (χ3n) is 3.17. The third kappa shape index (κ3) is 2.87. The van der Waals surface area contributed by atoms with E-state index in [9.17, 15) is 18.0 Å². The van der Waals surface area contributed by atoms with Gasteiger partial charge >= 0.3 is 6.18 Å². The zero-order valence-corrected chi connectivity index (χ0v) is 11.8. The van der Waals surface area contributed by atoms with Gasteiger partial charge in [-0.15, -0.1) is 0 Å². The molecule has 0 unspecified atom stereocenters. The normalized spacial score (nSPS) is 11.8. The molecule has 3 rings (SSSR count). The van der Waals surface area contributed by atoms with E-state index < -0.39 is 23.3 Å². The van der Waals surface area contributed by atoms with Crippen molar-refractivity contribution in [3.05, 3.63) is 41.6 Å². The topological polar surface area (TPSA) is 88.5 Å². The molecule has 0 aliphatic heterocycles. The molecule has 0 aromatic carbocycles. The summed E-state index contributed by atoms with van der Waals surface area (Å²) < 4.78 is 39.4. The van der Waals surface area contributed by atoms with Crippen LogP contribution in [-0.4, -0.2) is 30.6 Å². The Bertz CT molecular complexity index is 833. The Morgan fingerprint density at radius 2 is 2.22 bits per heavy atom. The van der Waals surface area contributed by atoms with E-state index >= 15 is 0 Å². The number of rotatable bonds is 3. The molecule has 3 heterocycles. The number of hydrogen-bond acceptors (Lipinski definition) is 4. The highest BCUT2D eigenvalue weighted by atomic mass is 19.4. The maximum Gasteiger partial charge on any atom is 0.433 e. The van der Waals surface area contributed by atoms with Gasteiger partial charge in [-0.3, -0.25) is 9.48 Å². The fraction of sp³-hybridized carbons (Fsp3) is 0.231. The van der Waals surface area contributed by atoms with Crippen molar-refractivity contribution in [1.29, 1.82) is 0 Å². The van der Waals surface area contributed by atoms with Crippen LogP contribution in [0.5, 0.6) is 0 Å². The average Bonchev–Trinajstić information content (AvgIpc) is 3.07. The zero-order chi connectivity index (χ0) is 16.6. The predicted molar refractivity (Wildman–Crippen MR) is 73.3 cm³/mol. The summed E-state index contributed by atoms with van der Waals surface area (Å²) in [5.41, 5.74) is -0.487. The number of aryl methyl sites for hydroxylation is 1. The summed E-state index contributed by atoms with van der Waals surface area (Å²) in [6.07, 6.45) is -2.21. The van der Waals surface area contributed by atoms with Gasteiger partial charge in [0.05, 0.1) is 23.8 Å². The monoisotopic (exact) mass is 324 g/mol. The predicted octanol–water partition coefficient (Wildman–Crippen LogP) is 1.64. The number of aromatic nitrogens is 5. The minimum absolute atomic E-state index is 0.0542. The van der Waals surface area contributed by atoms with E-state index in [4.69, 9.17) is 0 Å². The van der Waals surface area contributed by atoms with E-state index in [2.05, 4.69) is 25.4 Å². The number of hydrogen-bond donors (Lipinski definition) is 2. The first-order chi connectivity index (χ1) is 10.9. The number of nitrogens with zero attached hydrogens (tertiary/aromatic N) is 4. The number of nitrogens with one attached hydrogen (secondary N) is 2. The molecular weight excluding hydrogens is 313 g/mol. The Kier molecular flexibility index (Phi) is 3.51. The molecule has 1 amide bonds. The molecule has 2 N–H and O–H groups in total. The molecule has 0 saturated carbocycles. The molecule has 7 nitrogen and oxygen atoms in total. The van der Waals surface area contributed by atoms with Crippen molar-refractivity contribution >= 4 is 17.1 Å². The van der Waals surface area contributed by atoms with Crippen LogP contribution in [0.2, 0.25) is 0 Å². The van der Waals surface area contributed by atoms with E-state index in [1.165, 1.54) is 0 Å². The van der Waals surface area contributed by atoms with Crippen LogP contribution in [0.3, 0.4) is 0 Å². The quantitative estimate of drug-likeness (QED) is 0.766. The summed E-state index contributed by atoms with van der Waals surface area (Å²) >= 11 is 0. The fourth-order valence-electron chi connectivity index (χ4n) is 2.18. The van der Waals surface area contributed by atoms with Crippen molar-refractivity contribution in [1.82, 2.24) is 30.0 Å². The lowest BCUT2D eigenvalue weighted by Gasteiger charge is -2.09. The van der Waals surface area contributed by atoms with Gasteiger partial charge in [-0.25, -0.2) is 9.97 Å². The Morgan fingerprint density at radius 1 is 1.43 bits per heavy atom. The van der Waals surface area contributed by atoms with Crippen molar-refractivity contribution in [2.24, 2.45) is 7.05 Å². The number of aromatic amines is 1. The average molecular weight is 324 g/mol. The van der Waals surface area contributed by atoms with Gasteiger partial charge in [-0.2, -0.15) is 18.3 Å². The summed E-state index contributed by atoms with van der Waals surface area (Å²) in [6.45, 7) is -0.0542. The number of amides is 1. The SMILES string of the molecule is Cn1ncc(C(=O)NCc2nc3ncccc3[nH]2)c1C(F)(F)F. The van der Waals surface area contributed by atoms with E-state index in [0.717, 1.165) is 13.2 Å². The summed E-state index contributed by atoms with van der Waals surface area (Å²) in [7, 11) is 1.13. The number of pyridine rings is 1. The smallest absolute Gasteiger partial charge is 0.345 e. The molecule has 0 aliphatic carbocycles. The second-order valence-electron chi connectivity index (χ2n) is 4.77. The molecule has 10 heteroatoms. The van der Waals surface area contributed by atoms with Gasteiger partial charge in [0.1, 0.15) is 5.82 Å². The molecule has 0 fully saturated rings. The van der Waals surface area contributed by atoms with Crippen LogP contribution in [0, 0.1) is 0 Å². The van der Waals surface area contributed by atoms with Gasteiger partial charge in [-0.05, 0) is 12.1 Å². The maximum atomic E-state index is 12.9. The minimum atomic E-state index is -4.67. The van der Waals surface area contributed by atoms with Gasteiger partial charge in [0.25, 0.3) is 5.91 Å². The molecule has 23 heavy (non-hydrogen) atoms. The standard InChI is InChI=1S/C13H11F3N6O/c1-22-10(13(14,15)16)7(5-19-22)12(23)18-6-9-20-8-3-2-4-17-11(8)21-9/h2-5H,6H2,1H3,(H,18,23)(H,17,20,21). The third-order valence-corrected chi connectivity index (χ3v) is 3.17. The Labute approximate surface area is 127 Å². The highest BCUT2D eigenvalue weighted by molar-refractivity contribution is 5.95. The first kappa shape index (κ1) is 15.0. The Morgan fingerprint density at radius 3 is 2.91 bits per heavy atom. The van der Waals surface area contributed by atoms with Gasteiger partial charge in [0.2, 0.25) is 0 Å². The first-order valence-electron chi connectivity index (χ1n) is 6.53. The number of H-pyrrole nitrogens is 1.